The summed E-state index contributed by atoms with van der Waals surface area (Å²) in [5.41, 5.74) is 1.18. The Hall–Kier alpha value is -1.26. The van der Waals surface area contributed by atoms with Gasteiger partial charge in [-0.25, -0.2) is 4.79 Å². The molecular formula is C18H28ClN3O. The van der Waals surface area contributed by atoms with Crippen molar-refractivity contribution in [3.63, 3.8) is 0 Å². The molecule has 4 nitrogen and oxygen atoms in total. The van der Waals surface area contributed by atoms with Crippen LogP contribution in [0.25, 0.3) is 0 Å². The largest absolute Gasteiger partial charge is 0.338 e. The first-order chi connectivity index (χ1) is 11.0. The maximum Gasteiger partial charge on any atom is 0.315 e. The van der Waals surface area contributed by atoms with Gasteiger partial charge in [0.2, 0.25) is 0 Å². The monoisotopic (exact) mass is 337 g/mol. The van der Waals surface area contributed by atoms with E-state index >= 15 is 0 Å². The number of nitrogens with one attached hydrogen (secondary N) is 2. The maximum absolute atomic E-state index is 12.0. The van der Waals surface area contributed by atoms with Crippen molar-refractivity contribution in [1.29, 1.82) is 0 Å². The Bertz CT molecular complexity index is 482. The summed E-state index contributed by atoms with van der Waals surface area (Å²) in [7, 11) is 0. The fourth-order valence-electron chi connectivity index (χ4n) is 2.98. The molecule has 23 heavy (non-hydrogen) atoms. The lowest BCUT2D eigenvalue weighted by Crippen LogP contribution is -2.48. The number of likely N-dealkylation sites (tertiary alicyclic amines) is 1. The van der Waals surface area contributed by atoms with Crippen LogP contribution in [0.3, 0.4) is 0 Å². The van der Waals surface area contributed by atoms with Gasteiger partial charge in [0.05, 0.1) is 0 Å². The Balaban J connectivity index is 1.61. The molecule has 0 saturated carbocycles. The zero-order valence-corrected chi connectivity index (χ0v) is 14.9. The van der Waals surface area contributed by atoms with Gasteiger partial charge in [0.1, 0.15) is 0 Å². The van der Waals surface area contributed by atoms with E-state index in [1.165, 1.54) is 5.56 Å². The van der Waals surface area contributed by atoms with Gasteiger partial charge in [0, 0.05) is 37.2 Å². The first-order valence-corrected chi connectivity index (χ1v) is 8.92. The molecule has 0 bridgehead atoms. The van der Waals surface area contributed by atoms with Crippen molar-refractivity contribution in [1.82, 2.24) is 15.5 Å². The summed E-state index contributed by atoms with van der Waals surface area (Å²) in [6.07, 6.45) is 2.89. The summed E-state index contributed by atoms with van der Waals surface area (Å²) in [5, 5.41) is 6.77. The van der Waals surface area contributed by atoms with Crippen LogP contribution in [0.1, 0.15) is 32.3 Å². The number of rotatable bonds is 6. The van der Waals surface area contributed by atoms with Crippen LogP contribution < -0.4 is 10.6 Å². The van der Waals surface area contributed by atoms with E-state index in [1.807, 2.05) is 24.3 Å². The lowest BCUT2D eigenvalue weighted by molar-refractivity contribution is 0.178. The topological polar surface area (TPSA) is 44.4 Å². The van der Waals surface area contributed by atoms with E-state index in [0.29, 0.717) is 18.5 Å². The Morgan fingerprint density at radius 1 is 1.26 bits per heavy atom. The quantitative estimate of drug-likeness (QED) is 0.836. The Kier molecular flexibility index (Phi) is 7.18. The van der Waals surface area contributed by atoms with Crippen molar-refractivity contribution >= 4 is 17.6 Å². The number of benzene rings is 1. The van der Waals surface area contributed by atoms with E-state index in [4.69, 9.17) is 11.6 Å². The van der Waals surface area contributed by atoms with Crippen LogP contribution >= 0.6 is 11.6 Å². The number of amides is 2. The molecule has 1 aromatic rings. The maximum atomic E-state index is 12.0. The second kappa shape index (κ2) is 9.14. The average Bonchev–Trinajstić information content (AvgIpc) is 2.51. The van der Waals surface area contributed by atoms with Gasteiger partial charge in [-0.05, 0) is 42.9 Å². The Labute approximate surface area is 144 Å². The van der Waals surface area contributed by atoms with Crippen molar-refractivity contribution < 1.29 is 4.79 Å². The number of halogens is 1. The van der Waals surface area contributed by atoms with E-state index in [0.717, 1.165) is 43.9 Å². The predicted molar refractivity (Wildman–Crippen MR) is 96.0 cm³/mol. The van der Waals surface area contributed by atoms with Gasteiger partial charge in [-0.15, -0.1) is 0 Å². The van der Waals surface area contributed by atoms with Crippen LogP contribution in [0.4, 0.5) is 4.79 Å². The molecule has 0 aromatic heterocycles. The third-order valence-corrected chi connectivity index (χ3v) is 4.41. The summed E-state index contributed by atoms with van der Waals surface area (Å²) in [5.74, 6) is 0.704. The van der Waals surface area contributed by atoms with Crippen LogP contribution in [0.5, 0.6) is 0 Å². The molecule has 5 heteroatoms. The van der Waals surface area contributed by atoms with Gasteiger partial charge >= 0.3 is 6.03 Å². The predicted octanol–water partition coefficient (Wildman–Crippen LogP) is 3.30. The minimum atomic E-state index is -0.0544. The van der Waals surface area contributed by atoms with Crippen LogP contribution in [-0.4, -0.2) is 43.2 Å². The number of nitrogens with zero attached hydrogens (tertiary/aromatic N) is 1. The van der Waals surface area contributed by atoms with Gasteiger partial charge in [-0.3, -0.25) is 0 Å². The molecule has 0 spiro atoms. The van der Waals surface area contributed by atoms with Crippen molar-refractivity contribution in [3.8, 4) is 0 Å². The molecule has 1 aliphatic heterocycles. The summed E-state index contributed by atoms with van der Waals surface area (Å²) < 4.78 is 0. The highest BCUT2D eigenvalue weighted by atomic mass is 35.5. The van der Waals surface area contributed by atoms with Crippen LogP contribution in [0.15, 0.2) is 24.3 Å². The first-order valence-electron chi connectivity index (χ1n) is 8.54. The molecule has 128 valence electrons. The highest BCUT2D eigenvalue weighted by Crippen LogP contribution is 2.12. The van der Waals surface area contributed by atoms with Gasteiger partial charge in [0.25, 0.3) is 0 Å². The Morgan fingerprint density at radius 2 is 1.91 bits per heavy atom. The van der Waals surface area contributed by atoms with E-state index < -0.39 is 0 Å². The fourth-order valence-corrected chi connectivity index (χ4v) is 3.11. The zero-order chi connectivity index (χ0) is 16.7. The summed E-state index contributed by atoms with van der Waals surface area (Å²) in [6.45, 7) is 8.44. The van der Waals surface area contributed by atoms with Crippen molar-refractivity contribution in [3.05, 3.63) is 34.9 Å². The lowest BCUT2D eigenvalue weighted by Gasteiger charge is -2.33. The first kappa shape index (κ1) is 18.1. The van der Waals surface area contributed by atoms with Crippen molar-refractivity contribution in [2.24, 2.45) is 5.92 Å². The number of carbonyl (C=O) groups is 1. The highest BCUT2D eigenvalue weighted by molar-refractivity contribution is 6.30. The summed E-state index contributed by atoms with van der Waals surface area (Å²) in [6, 6.07) is 7.98. The molecule has 1 saturated heterocycles. The van der Waals surface area contributed by atoms with E-state index in [2.05, 4.69) is 29.4 Å². The van der Waals surface area contributed by atoms with E-state index in [9.17, 15) is 4.79 Å². The number of urea groups is 1. The standard InChI is InChI=1S/C18H28ClN3O/c1-14(2)13-22-11-8-17(9-12-22)21-18(23)20-10-7-15-3-5-16(19)6-4-15/h3-6,14,17H,7-13H2,1-2H3,(H2,20,21,23). The number of piperidine rings is 1. The molecule has 2 amide bonds. The molecule has 2 N–H and O–H groups in total. The second-order valence-corrected chi connectivity index (χ2v) is 7.18. The molecule has 1 aromatic carbocycles. The highest BCUT2D eigenvalue weighted by Gasteiger charge is 2.20. The van der Waals surface area contributed by atoms with Crippen molar-refractivity contribution in [2.45, 2.75) is 39.2 Å². The second-order valence-electron chi connectivity index (χ2n) is 6.75. The average molecular weight is 338 g/mol. The molecule has 0 aliphatic carbocycles. The van der Waals surface area contributed by atoms with Crippen LogP contribution in [0, 0.1) is 5.92 Å². The Morgan fingerprint density at radius 3 is 2.52 bits per heavy atom. The lowest BCUT2D eigenvalue weighted by atomic mass is 10.0. The molecule has 0 atom stereocenters. The summed E-state index contributed by atoms with van der Waals surface area (Å²) in [4.78, 5) is 14.4. The molecule has 0 radical (unpaired) electrons. The van der Waals surface area contributed by atoms with Crippen LogP contribution in [-0.2, 0) is 6.42 Å². The fraction of sp³-hybridized carbons (Fsp3) is 0.611. The van der Waals surface area contributed by atoms with E-state index in [-0.39, 0.29) is 6.03 Å². The third-order valence-electron chi connectivity index (χ3n) is 4.16. The number of hydrogen-bond acceptors (Lipinski definition) is 2. The normalized spacial score (nSPS) is 16.5. The molecule has 1 aliphatic rings. The van der Waals surface area contributed by atoms with Crippen LogP contribution in [0.2, 0.25) is 5.02 Å². The zero-order valence-electron chi connectivity index (χ0n) is 14.1. The van der Waals surface area contributed by atoms with Crippen molar-refractivity contribution in [2.75, 3.05) is 26.2 Å². The smallest absolute Gasteiger partial charge is 0.315 e. The minimum absolute atomic E-state index is 0.0544. The molecule has 1 fully saturated rings. The number of hydrogen-bond donors (Lipinski definition) is 2. The number of carbonyl (C=O) groups excluding carboxylic acids is 1. The summed E-state index contributed by atoms with van der Waals surface area (Å²) >= 11 is 5.86. The minimum Gasteiger partial charge on any atom is -0.338 e. The van der Waals surface area contributed by atoms with Gasteiger partial charge in [-0.1, -0.05) is 37.6 Å². The van der Waals surface area contributed by atoms with Gasteiger partial charge in [-0.2, -0.15) is 0 Å². The molecule has 1 heterocycles. The van der Waals surface area contributed by atoms with Gasteiger partial charge < -0.3 is 15.5 Å². The molecule has 2 rings (SSSR count). The molecule has 0 unspecified atom stereocenters. The van der Waals surface area contributed by atoms with Gasteiger partial charge in [0.15, 0.2) is 0 Å². The molecular weight excluding hydrogens is 310 g/mol. The van der Waals surface area contributed by atoms with E-state index in [1.54, 1.807) is 0 Å². The third kappa shape index (κ3) is 6.80. The SMILES string of the molecule is CC(C)CN1CCC(NC(=O)NCCc2ccc(Cl)cc2)CC1.